The SMILES string of the molecule is COc1cc(C=Cc2nn3c(CSCc4ccccc4)nnc3s2)cc(OC)c1OC. The number of rotatable bonds is 9. The first-order valence-corrected chi connectivity index (χ1v) is 11.5. The summed E-state index contributed by atoms with van der Waals surface area (Å²) < 4.78 is 18.0. The van der Waals surface area contributed by atoms with Gasteiger partial charge in [0.1, 0.15) is 5.01 Å². The third kappa shape index (κ3) is 4.83. The molecule has 0 amide bonds. The highest BCUT2D eigenvalue weighted by molar-refractivity contribution is 7.97. The molecule has 2 aromatic carbocycles. The molecule has 0 fully saturated rings. The molecular weight excluding hydrogens is 432 g/mol. The molecule has 0 radical (unpaired) electrons. The van der Waals surface area contributed by atoms with Gasteiger partial charge in [-0.2, -0.15) is 9.61 Å². The molecule has 0 bridgehead atoms. The number of methoxy groups -OCH3 is 3. The Morgan fingerprint density at radius 3 is 2.35 bits per heavy atom. The molecule has 4 rings (SSSR count). The topological polar surface area (TPSA) is 70.8 Å². The molecule has 2 heterocycles. The molecule has 0 saturated heterocycles. The minimum atomic E-state index is 0.568. The van der Waals surface area contributed by atoms with E-state index >= 15 is 0 Å². The fraction of sp³-hybridized carbons (Fsp3) is 0.227. The zero-order valence-electron chi connectivity index (χ0n) is 17.4. The van der Waals surface area contributed by atoms with Crippen LogP contribution in [0.3, 0.4) is 0 Å². The summed E-state index contributed by atoms with van der Waals surface area (Å²) in [5, 5.41) is 14.0. The van der Waals surface area contributed by atoms with E-state index in [0.29, 0.717) is 17.2 Å². The van der Waals surface area contributed by atoms with Crippen molar-refractivity contribution in [1.29, 1.82) is 0 Å². The highest BCUT2D eigenvalue weighted by atomic mass is 32.2. The van der Waals surface area contributed by atoms with Crippen LogP contribution in [0.5, 0.6) is 17.2 Å². The maximum Gasteiger partial charge on any atom is 0.234 e. The van der Waals surface area contributed by atoms with Crippen molar-refractivity contribution in [2.45, 2.75) is 11.5 Å². The van der Waals surface area contributed by atoms with Gasteiger partial charge in [0.05, 0.1) is 27.1 Å². The van der Waals surface area contributed by atoms with Gasteiger partial charge in [-0.25, -0.2) is 0 Å². The highest BCUT2D eigenvalue weighted by Crippen LogP contribution is 2.38. The van der Waals surface area contributed by atoms with E-state index in [1.807, 2.05) is 34.9 Å². The van der Waals surface area contributed by atoms with Gasteiger partial charge in [0.15, 0.2) is 17.3 Å². The second-order valence-corrected chi connectivity index (χ2v) is 8.49. The van der Waals surface area contributed by atoms with Crippen LogP contribution in [0.1, 0.15) is 22.0 Å². The van der Waals surface area contributed by atoms with Crippen molar-refractivity contribution >= 4 is 40.2 Å². The van der Waals surface area contributed by atoms with E-state index in [1.165, 1.54) is 16.9 Å². The van der Waals surface area contributed by atoms with Crippen LogP contribution in [0.15, 0.2) is 42.5 Å². The largest absolute Gasteiger partial charge is 0.493 e. The standard InChI is InChI=1S/C22H22N4O3S2/c1-27-17-11-16(12-18(28-2)21(17)29-3)9-10-20-25-26-19(23-24-22(26)31-20)14-30-13-15-7-5-4-6-8-15/h4-12H,13-14H2,1-3H3. The smallest absolute Gasteiger partial charge is 0.234 e. The van der Waals surface area contributed by atoms with Gasteiger partial charge < -0.3 is 14.2 Å². The van der Waals surface area contributed by atoms with Crippen molar-refractivity contribution in [2.24, 2.45) is 0 Å². The summed E-state index contributed by atoms with van der Waals surface area (Å²) in [7, 11) is 4.79. The van der Waals surface area contributed by atoms with Crippen LogP contribution in [-0.2, 0) is 11.5 Å². The van der Waals surface area contributed by atoms with E-state index in [1.54, 1.807) is 33.1 Å². The zero-order valence-corrected chi connectivity index (χ0v) is 19.1. The fourth-order valence-electron chi connectivity index (χ4n) is 3.03. The number of fused-ring (bicyclic) bond motifs is 1. The first kappa shape index (κ1) is 21.2. The minimum Gasteiger partial charge on any atom is -0.493 e. The van der Waals surface area contributed by atoms with Crippen LogP contribution in [0.4, 0.5) is 0 Å². The normalized spacial score (nSPS) is 11.3. The summed E-state index contributed by atoms with van der Waals surface area (Å²) in [6.45, 7) is 0. The average Bonchev–Trinajstić information content (AvgIpc) is 3.38. The van der Waals surface area contributed by atoms with Crippen molar-refractivity contribution in [3.63, 3.8) is 0 Å². The molecule has 0 unspecified atom stereocenters. The van der Waals surface area contributed by atoms with Gasteiger partial charge in [0, 0.05) is 5.75 Å². The van der Waals surface area contributed by atoms with Crippen molar-refractivity contribution in [2.75, 3.05) is 21.3 Å². The Bertz CT molecular complexity index is 1160. The third-order valence-corrected chi connectivity index (χ3v) is 6.38. The molecule has 7 nitrogen and oxygen atoms in total. The van der Waals surface area contributed by atoms with E-state index in [4.69, 9.17) is 14.2 Å². The van der Waals surface area contributed by atoms with Crippen molar-refractivity contribution in [3.05, 3.63) is 64.4 Å². The number of hydrogen-bond donors (Lipinski definition) is 0. The molecule has 0 atom stereocenters. The Hall–Kier alpha value is -3.04. The van der Waals surface area contributed by atoms with Gasteiger partial charge in [0.2, 0.25) is 10.7 Å². The van der Waals surface area contributed by atoms with Gasteiger partial charge in [-0.05, 0) is 29.3 Å². The number of nitrogens with zero attached hydrogens (tertiary/aromatic N) is 4. The summed E-state index contributed by atoms with van der Waals surface area (Å²) >= 11 is 3.28. The van der Waals surface area contributed by atoms with Crippen LogP contribution in [0, 0.1) is 0 Å². The predicted octanol–water partition coefficient (Wildman–Crippen LogP) is 4.82. The molecular formula is C22H22N4O3S2. The van der Waals surface area contributed by atoms with Gasteiger partial charge >= 0.3 is 0 Å². The first-order valence-electron chi connectivity index (χ1n) is 9.52. The molecule has 0 aliphatic carbocycles. The van der Waals surface area contributed by atoms with Crippen LogP contribution in [-0.4, -0.2) is 41.1 Å². The zero-order chi connectivity index (χ0) is 21.6. The highest BCUT2D eigenvalue weighted by Gasteiger charge is 2.13. The van der Waals surface area contributed by atoms with Crippen LogP contribution >= 0.6 is 23.1 Å². The molecule has 4 aromatic rings. The number of benzene rings is 2. The summed E-state index contributed by atoms with van der Waals surface area (Å²) in [6.07, 6.45) is 3.90. The second-order valence-electron chi connectivity index (χ2n) is 6.52. The lowest BCUT2D eigenvalue weighted by Gasteiger charge is -2.12. The summed E-state index contributed by atoms with van der Waals surface area (Å²) in [6, 6.07) is 14.2. The molecule has 0 N–H and O–H groups in total. The predicted molar refractivity (Wildman–Crippen MR) is 125 cm³/mol. The number of ether oxygens (including phenoxy) is 3. The van der Waals surface area contributed by atoms with E-state index in [0.717, 1.165) is 32.9 Å². The van der Waals surface area contributed by atoms with Crippen LogP contribution in [0.25, 0.3) is 17.1 Å². The van der Waals surface area contributed by atoms with Crippen LogP contribution in [0.2, 0.25) is 0 Å². The Morgan fingerprint density at radius 1 is 0.935 bits per heavy atom. The molecule has 0 spiro atoms. The Morgan fingerprint density at radius 2 is 1.68 bits per heavy atom. The van der Waals surface area contributed by atoms with Crippen molar-refractivity contribution < 1.29 is 14.2 Å². The Balaban J connectivity index is 1.49. The van der Waals surface area contributed by atoms with E-state index in [2.05, 4.69) is 39.6 Å². The molecule has 0 aliphatic heterocycles. The van der Waals surface area contributed by atoms with Gasteiger partial charge in [0.25, 0.3) is 0 Å². The Kier molecular flexibility index (Phi) is 6.73. The molecule has 9 heteroatoms. The van der Waals surface area contributed by atoms with E-state index in [-0.39, 0.29) is 0 Å². The first-order chi connectivity index (χ1) is 15.2. The summed E-state index contributed by atoms with van der Waals surface area (Å²) in [5.41, 5.74) is 2.21. The third-order valence-electron chi connectivity index (χ3n) is 4.52. The molecule has 0 saturated carbocycles. The van der Waals surface area contributed by atoms with Crippen molar-refractivity contribution in [3.8, 4) is 17.2 Å². The van der Waals surface area contributed by atoms with Gasteiger partial charge in [-0.15, -0.1) is 22.0 Å². The lowest BCUT2D eigenvalue weighted by Crippen LogP contribution is -1.95. The fourth-order valence-corrected chi connectivity index (χ4v) is 4.68. The molecule has 31 heavy (non-hydrogen) atoms. The average molecular weight is 455 g/mol. The summed E-state index contributed by atoms with van der Waals surface area (Å²) in [4.78, 5) is 0.778. The van der Waals surface area contributed by atoms with Gasteiger partial charge in [-0.1, -0.05) is 47.7 Å². The maximum atomic E-state index is 5.42. The quantitative estimate of drug-likeness (QED) is 0.359. The lowest BCUT2D eigenvalue weighted by molar-refractivity contribution is 0.324. The van der Waals surface area contributed by atoms with E-state index in [9.17, 15) is 0 Å². The van der Waals surface area contributed by atoms with Gasteiger partial charge in [-0.3, -0.25) is 0 Å². The van der Waals surface area contributed by atoms with E-state index < -0.39 is 0 Å². The molecule has 2 aromatic heterocycles. The summed E-state index contributed by atoms with van der Waals surface area (Å²) in [5.74, 6) is 4.30. The maximum absolute atomic E-state index is 5.42. The minimum absolute atomic E-state index is 0.568. The number of hydrogen-bond acceptors (Lipinski definition) is 8. The molecule has 0 aliphatic rings. The lowest BCUT2D eigenvalue weighted by atomic mass is 10.1. The second kappa shape index (κ2) is 9.84. The number of thioether (sulfide) groups is 1. The molecule has 160 valence electrons. The van der Waals surface area contributed by atoms with Crippen molar-refractivity contribution in [1.82, 2.24) is 19.8 Å². The number of aromatic nitrogens is 4. The Labute approximate surface area is 188 Å². The monoisotopic (exact) mass is 454 g/mol. The van der Waals surface area contributed by atoms with Crippen LogP contribution < -0.4 is 14.2 Å².